The number of furan rings is 1. The highest BCUT2D eigenvalue weighted by molar-refractivity contribution is 5.19. The van der Waals surface area contributed by atoms with Gasteiger partial charge in [0, 0.05) is 13.2 Å². The summed E-state index contributed by atoms with van der Waals surface area (Å²) >= 11 is 0. The van der Waals surface area contributed by atoms with Gasteiger partial charge in [-0.3, -0.25) is 4.90 Å². The summed E-state index contributed by atoms with van der Waals surface area (Å²) in [5, 5.41) is 0. The van der Waals surface area contributed by atoms with Gasteiger partial charge in [-0.1, -0.05) is 0 Å². The van der Waals surface area contributed by atoms with Crippen molar-refractivity contribution < 1.29 is 9.15 Å². The van der Waals surface area contributed by atoms with Crippen molar-refractivity contribution in [3.8, 4) is 0 Å². The lowest BCUT2D eigenvalue weighted by Crippen LogP contribution is -2.28. The largest absolute Gasteiger partial charge is 0.463 e. The number of nitrogens with zero attached hydrogens (tertiary/aromatic N) is 1. The predicted octanol–water partition coefficient (Wildman–Crippen LogP) is 1.66. The molecule has 0 bridgehead atoms. The minimum Gasteiger partial charge on any atom is -0.463 e. The van der Waals surface area contributed by atoms with Crippen LogP contribution in [0.3, 0.4) is 0 Å². The molecule has 4 heteroatoms. The molecule has 0 spiro atoms. The first-order valence-electron chi connectivity index (χ1n) is 6.27. The Morgan fingerprint density at radius 1 is 1.53 bits per heavy atom. The van der Waals surface area contributed by atoms with Gasteiger partial charge in [-0.15, -0.1) is 0 Å². The van der Waals surface area contributed by atoms with Gasteiger partial charge in [-0.25, -0.2) is 0 Å². The molecule has 1 aliphatic heterocycles. The van der Waals surface area contributed by atoms with Crippen LogP contribution in [-0.2, 0) is 17.8 Å². The number of hydrogen-bond acceptors (Lipinski definition) is 4. The van der Waals surface area contributed by atoms with Gasteiger partial charge >= 0.3 is 0 Å². The molecule has 2 heterocycles. The molecule has 1 atom stereocenters. The average Bonchev–Trinajstić information content (AvgIpc) is 2.88. The summed E-state index contributed by atoms with van der Waals surface area (Å²) in [5.74, 6) is 1.88. The van der Waals surface area contributed by atoms with E-state index in [0.717, 1.165) is 36.8 Å². The van der Waals surface area contributed by atoms with E-state index in [1.54, 1.807) is 0 Å². The van der Waals surface area contributed by atoms with E-state index in [9.17, 15) is 0 Å². The zero-order valence-corrected chi connectivity index (χ0v) is 10.7. The van der Waals surface area contributed by atoms with Crippen molar-refractivity contribution in [2.75, 3.05) is 20.2 Å². The minimum atomic E-state index is 0.394. The molecule has 1 aliphatic rings. The van der Waals surface area contributed by atoms with E-state index in [1.807, 2.05) is 6.92 Å². The summed E-state index contributed by atoms with van der Waals surface area (Å²) < 4.78 is 11.3. The van der Waals surface area contributed by atoms with Gasteiger partial charge in [0.2, 0.25) is 0 Å². The van der Waals surface area contributed by atoms with Crippen molar-refractivity contribution in [3.63, 3.8) is 0 Å². The molecule has 2 rings (SSSR count). The van der Waals surface area contributed by atoms with Gasteiger partial charge in [0.1, 0.15) is 11.5 Å². The summed E-state index contributed by atoms with van der Waals surface area (Å²) in [6.07, 6.45) is 2.76. The molecular weight excluding hydrogens is 216 g/mol. The summed E-state index contributed by atoms with van der Waals surface area (Å²) in [7, 11) is 2.10. The van der Waals surface area contributed by atoms with E-state index >= 15 is 0 Å². The van der Waals surface area contributed by atoms with Crippen molar-refractivity contribution in [1.82, 2.24) is 4.90 Å². The Balaban J connectivity index is 1.86. The Morgan fingerprint density at radius 3 is 2.94 bits per heavy atom. The van der Waals surface area contributed by atoms with Crippen molar-refractivity contribution in [3.05, 3.63) is 23.2 Å². The van der Waals surface area contributed by atoms with Crippen LogP contribution in [0.25, 0.3) is 0 Å². The van der Waals surface area contributed by atoms with Gasteiger partial charge < -0.3 is 14.9 Å². The maximum absolute atomic E-state index is 5.69. The van der Waals surface area contributed by atoms with Crippen LogP contribution in [0.1, 0.15) is 29.9 Å². The Morgan fingerprint density at radius 2 is 2.35 bits per heavy atom. The molecular formula is C13H22N2O2. The lowest BCUT2D eigenvalue weighted by Gasteiger charge is -2.19. The Bertz CT molecular complexity index is 356. The van der Waals surface area contributed by atoms with Crippen LogP contribution in [0, 0.1) is 6.92 Å². The van der Waals surface area contributed by atoms with Crippen molar-refractivity contribution >= 4 is 0 Å². The third-order valence-electron chi connectivity index (χ3n) is 3.22. The molecule has 0 saturated carbocycles. The molecule has 1 fully saturated rings. The fraction of sp³-hybridized carbons (Fsp3) is 0.692. The first-order valence-corrected chi connectivity index (χ1v) is 6.27. The van der Waals surface area contributed by atoms with Gasteiger partial charge in [0.25, 0.3) is 0 Å². The SMILES string of the molecule is Cc1cc(CN(C)CC2CCCO2)oc1CN. The molecule has 0 radical (unpaired) electrons. The van der Waals surface area contributed by atoms with Gasteiger partial charge in [0.05, 0.1) is 19.2 Å². The van der Waals surface area contributed by atoms with Crippen LogP contribution in [0.2, 0.25) is 0 Å². The standard InChI is InChI=1S/C13H22N2O2/c1-10-6-12(17-13(10)7-14)9-15(2)8-11-4-3-5-16-11/h6,11H,3-5,7-9,14H2,1-2H3. The second kappa shape index (κ2) is 5.67. The normalized spacial score (nSPS) is 20.4. The topological polar surface area (TPSA) is 51.6 Å². The molecule has 0 amide bonds. The number of nitrogens with two attached hydrogens (primary N) is 1. The lowest BCUT2D eigenvalue weighted by atomic mass is 10.2. The molecule has 2 N–H and O–H groups in total. The van der Waals surface area contributed by atoms with Crippen LogP contribution in [0.5, 0.6) is 0 Å². The molecule has 4 nitrogen and oxygen atoms in total. The molecule has 17 heavy (non-hydrogen) atoms. The quantitative estimate of drug-likeness (QED) is 0.847. The van der Waals surface area contributed by atoms with Crippen molar-refractivity contribution in [2.24, 2.45) is 5.73 Å². The van der Waals surface area contributed by atoms with E-state index < -0.39 is 0 Å². The first-order chi connectivity index (χ1) is 8.19. The highest BCUT2D eigenvalue weighted by atomic mass is 16.5. The van der Waals surface area contributed by atoms with Crippen LogP contribution >= 0.6 is 0 Å². The maximum atomic E-state index is 5.69. The zero-order chi connectivity index (χ0) is 12.3. The predicted molar refractivity (Wildman–Crippen MR) is 66.6 cm³/mol. The number of hydrogen-bond donors (Lipinski definition) is 1. The number of ether oxygens (including phenoxy) is 1. The molecule has 96 valence electrons. The van der Waals surface area contributed by atoms with Crippen LogP contribution < -0.4 is 5.73 Å². The number of likely N-dealkylation sites (N-methyl/N-ethyl adjacent to an activating group) is 1. The molecule has 1 saturated heterocycles. The van der Waals surface area contributed by atoms with Crippen LogP contribution in [-0.4, -0.2) is 31.2 Å². The first kappa shape index (κ1) is 12.6. The molecule has 0 aromatic carbocycles. The zero-order valence-electron chi connectivity index (χ0n) is 10.7. The van der Waals surface area contributed by atoms with Gasteiger partial charge in [0.15, 0.2) is 0 Å². The number of rotatable bonds is 5. The van der Waals surface area contributed by atoms with Crippen LogP contribution in [0.15, 0.2) is 10.5 Å². The fourth-order valence-electron chi connectivity index (χ4n) is 2.34. The summed E-state index contributed by atoms with van der Waals surface area (Å²) in [6.45, 7) is 5.21. The Kier molecular flexibility index (Phi) is 4.20. The maximum Gasteiger partial charge on any atom is 0.120 e. The van der Waals surface area contributed by atoms with E-state index in [1.165, 1.54) is 12.8 Å². The summed E-state index contributed by atoms with van der Waals surface area (Å²) in [5.41, 5.74) is 6.75. The van der Waals surface area contributed by atoms with E-state index in [2.05, 4.69) is 18.0 Å². The molecule has 1 aromatic rings. The minimum absolute atomic E-state index is 0.394. The van der Waals surface area contributed by atoms with E-state index in [4.69, 9.17) is 14.9 Å². The molecule has 1 aromatic heterocycles. The smallest absolute Gasteiger partial charge is 0.120 e. The van der Waals surface area contributed by atoms with Crippen molar-refractivity contribution in [2.45, 2.75) is 39.0 Å². The van der Waals surface area contributed by atoms with Gasteiger partial charge in [-0.2, -0.15) is 0 Å². The molecule has 1 unspecified atom stereocenters. The third kappa shape index (κ3) is 3.31. The second-order valence-corrected chi connectivity index (χ2v) is 4.85. The van der Waals surface area contributed by atoms with Gasteiger partial charge in [-0.05, 0) is 38.4 Å². The average molecular weight is 238 g/mol. The lowest BCUT2D eigenvalue weighted by molar-refractivity contribution is 0.0773. The Labute approximate surface area is 103 Å². The number of aryl methyl sites for hydroxylation is 1. The fourth-order valence-corrected chi connectivity index (χ4v) is 2.34. The van der Waals surface area contributed by atoms with Crippen LogP contribution in [0.4, 0.5) is 0 Å². The van der Waals surface area contributed by atoms with Crippen molar-refractivity contribution in [1.29, 1.82) is 0 Å². The monoisotopic (exact) mass is 238 g/mol. The summed E-state index contributed by atoms with van der Waals surface area (Å²) in [6, 6.07) is 2.08. The Hall–Kier alpha value is -0.840. The van der Waals surface area contributed by atoms with E-state index in [0.29, 0.717) is 12.6 Å². The second-order valence-electron chi connectivity index (χ2n) is 4.85. The highest BCUT2D eigenvalue weighted by Crippen LogP contribution is 2.17. The summed E-state index contributed by atoms with van der Waals surface area (Å²) in [4.78, 5) is 2.24. The molecule has 0 aliphatic carbocycles. The third-order valence-corrected chi connectivity index (χ3v) is 3.22. The highest BCUT2D eigenvalue weighted by Gasteiger charge is 2.18. The van der Waals surface area contributed by atoms with E-state index in [-0.39, 0.29) is 0 Å².